The topological polar surface area (TPSA) is 65.5 Å². The highest BCUT2D eigenvalue weighted by atomic mass is 32.2. The molecule has 0 aromatic carbocycles. The lowest BCUT2D eigenvalue weighted by Crippen LogP contribution is -2.04. The zero-order chi connectivity index (χ0) is 12.0. The highest BCUT2D eigenvalue weighted by molar-refractivity contribution is 8.10. The first-order chi connectivity index (χ1) is 7.69. The third kappa shape index (κ3) is 3.60. The van der Waals surface area contributed by atoms with Crippen LogP contribution in [0.5, 0.6) is 0 Å². The quantitative estimate of drug-likeness (QED) is 0.765. The molecular formula is C9H9NO4S2. The Morgan fingerprint density at radius 3 is 1.88 bits per heavy atom. The zero-order valence-corrected chi connectivity index (χ0v) is 10.3. The maximum Gasteiger partial charge on any atom is 0.264 e. The molecule has 0 aliphatic carbocycles. The van der Waals surface area contributed by atoms with Gasteiger partial charge in [0.15, 0.2) is 0 Å². The molecule has 7 heteroatoms. The standard InChI is InChI=1S/C9H9NO4S2/c1-13-15-8(11)6-4-3-5-7(10-6)9(12)16-14-2/h3-5H,1-2H3. The molecule has 0 fully saturated rings. The molecule has 1 aromatic heterocycles. The molecule has 1 aromatic rings. The van der Waals surface area contributed by atoms with Gasteiger partial charge in [-0.05, 0) is 12.1 Å². The summed E-state index contributed by atoms with van der Waals surface area (Å²) in [7, 11) is 2.77. The molecule has 0 atom stereocenters. The number of hydrogen-bond acceptors (Lipinski definition) is 7. The fourth-order valence-electron chi connectivity index (χ4n) is 0.899. The maximum atomic E-state index is 11.4. The number of aromatic nitrogens is 1. The van der Waals surface area contributed by atoms with Crippen molar-refractivity contribution in [2.24, 2.45) is 0 Å². The fourth-order valence-corrected chi connectivity index (χ4v) is 1.60. The van der Waals surface area contributed by atoms with Gasteiger partial charge in [-0.2, -0.15) is 0 Å². The van der Waals surface area contributed by atoms with E-state index >= 15 is 0 Å². The van der Waals surface area contributed by atoms with Crippen LogP contribution in [0.4, 0.5) is 0 Å². The minimum absolute atomic E-state index is 0.175. The molecule has 0 unspecified atom stereocenters. The van der Waals surface area contributed by atoms with E-state index in [1.165, 1.54) is 26.4 Å². The summed E-state index contributed by atoms with van der Waals surface area (Å²) < 4.78 is 9.24. The highest BCUT2D eigenvalue weighted by Crippen LogP contribution is 2.14. The number of hydrogen-bond donors (Lipinski definition) is 0. The number of rotatable bonds is 4. The van der Waals surface area contributed by atoms with E-state index in [-0.39, 0.29) is 21.6 Å². The van der Waals surface area contributed by atoms with E-state index in [9.17, 15) is 9.59 Å². The highest BCUT2D eigenvalue weighted by Gasteiger charge is 2.13. The summed E-state index contributed by atoms with van der Waals surface area (Å²) in [6, 6.07) is 4.62. The summed E-state index contributed by atoms with van der Waals surface area (Å²) in [4.78, 5) is 26.7. The molecule has 0 saturated heterocycles. The SMILES string of the molecule is COSC(=O)c1cccc(C(=O)SOC)n1. The summed E-state index contributed by atoms with van der Waals surface area (Å²) in [5.41, 5.74) is 0.351. The third-order valence-corrected chi connectivity index (χ3v) is 2.54. The number of carbonyl (C=O) groups is 2. The van der Waals surface area contributed by atoms with Gasteiger partial charge in [-0.1, -0.05) is 6.07 Å². The summed E-state index contributed by atoms with van der Waals surface area (Å²) in [5.74, 6) is 0. The van der Waals surface area contributed by atoms with Crippen molar-refractivity contribution in [2.45, 2.75) is 0 Å². The lowest BCUT2D eigenvalue weighted by atomic mass is 10.3. The molecule has 0 radical (unpaired) electrons. The number of nitrogens with zero attached hydrogens (tertiary/aromatic N) is 1. The Morgan fingerprint density at radius 2 is 1.50 bits per heavy atom. The molecule has 5 nitrogen and oxygen atoms in total. The van der Waals surface area contributed by atoms with Gasteiger partial charge in [0.1, 0.15) is 11.4 Å². The van der Waals surface area contributed by atoms with Crippen molar-refractivity contribution in [1.82, 2.24) is 4.98 Å². The lowest BCUT2D eigenvalue weighted by Gasteiger charge is -2.00. The van der Waals surface area contributed by atoms with Crippen molar-refractivity contribution >= 4 is 34.3 Å². The van der Waals surface area contributed by atoms with Crippen LogP contribution in [0.25, 0.3) is 0 Å². The van der Waals surface area contributed by atoms with E-state index in [1.807, 2.05) is 0 Å². The Hall–Kier alpha value is -0.890. The average Bonchev–Trinajstić information content (AvgIpc) is 2.30. The second kappa shape index (κ2) is 6.64. The Balaban J connectivity index is 2.86. The Kier molecular flexibility index (Phi) is 5.47. The van der Waals surface area contributed by atoms with E-state index in [1.54, 1.807) is 6.07 Å². The first-order valence-electron chi connectivity index (χ1n) is 4.16. The molecule has 1 heterocycles. The van der Waals surface area contributed by atoms with Crippen LogP contribution in [-0.4, -0.2) is 29.4 Å². The Bertz CT molecular complexity index is 364. The maximum absolute atomic E-state index is 11.4. The molecule has 16 heavy (non-hydrogen) atoms. The smallest absolute Gasteiger partial charge is 0.264 e. The second-order valence-corrected chi connectivity index (χ2v) is 4.22. The molecule has 86 valence electrons. The molecule has 0 amide bonds. The van der Waals surface area contributed by atoms with E-state index in [0.717, 1.165) is 0 Å². The third-order valence-electron chi connectivity index (χ3n) is 1.49. The van der Waals surface area contributed by atoms with Crippen molar-refractivity contribution in [3.05, 3.63) is 29.6 Å². The van der Waals surface area contributed by atoms with Gasteiger partial charge in [0, 0.05) is 0 Å². The van der Waals surface area contributed by atoms with Crippen LogP contribution in [0.1, 0.15) is 21.0 Å². The van der Waals surface area contributed by atoms with Crippen LogP contribution >= 0.6 is 24.1 Å². The van der Waals surface area contributed by atoms with Gasteiger partial charge in [-0.15, -0.1) is 0 Å². The van der Waals surface area contributed by atoms with Crippen LogP contribution in [0, 0.1) is 0 Å². The number of carbonyl (C=O) groups excluding carboxylic acids is 2. The zero-order valence-electron chi connectivity index (χ0n) is 8.63. The van der Waals surface area contributed by atoms with Crippen LogP contribution in [0.2, 0.25) is 0 Å². The van der Waals surface area contributed by atoms with Crippen molar-refractivity contribution in [2.75, 3.05) is 14.2 Å². The Labute approximate surface area is 101 Å². The predicted octanol–water partition coefficient (Wildman–Crippen LogP) is 1.95. The summed E-state index contributed by atoms with van der Waals surface area (Å²) in [5, 5.41) is -0.695. The van der Waals surface area contributed by atoms with Gasteiger partial charge in [0.2, 0.25) is 0 Å². The molecule has 1 rings (SSSR count). The Morgan fingerprint density at radius 1 is 1.06 bits per heavy atom. The largest absolute Gasteiger partial charge is 0.311 e. The minimum atomic E-state index is -0.348. The lowest BCUT2D eigenvalue weighted by molar-refractivity contribution is 0.107. The first kappa shape index (κ1) is 13.2. The molecule has 0 bridgehead atoms. The second-order valence-electron chi connectivity index (χ2n) is 2.48. The first-order valence-corrected chi connectivity index (χ1v) is 5.64. The molecule has 0 saturated carbocycles. The van der Waals surface area contributed by atoms with Crippen LogP contribution in [-0.2, 0) is 8.37 Å². The van der Waals surface area contributed by atoms with Gasteiger partial charge >= 0.3 is 0 Å². The summed E-state index contributed by atoms with van der Waals surface area (Å²) in [6.45, 7) is 0. The van der Waals surface area contributed by atoms with Crippen molar-refractivity contribution < 1.29 is 18.0 Å². The van der Waals surface area contributed by atoms with Crippen molar-refractivity contribution in [3.63, 3.8) is 0 Å². The van der Waals surface area contributed by atoms with E-state index in [2.05, 4.69) is 13.4 Å². The molecule has 0 N–H and O–H groups in total. The fraction of sp³-hybridized carbons (Fsp3) is 0.222. The normalized spacial score (nSPS) is 10.1. The van der Waals surface area contributed by atoms with Gasteiger partial charge in [-0.25, -0.2) is 4.98 Å². The van der Waals surface area contributed by atoms with E-state index in [4.69, 9.17) is 0 Å². The van der Waals surface area contributed by atoms with Crippen LogP contribution < -0.4 is 0 Å². The molecule has 0 spiro atoms. The molecular weight excluding hydrogens is 250 g/mol. The van der Waals surface area contributed by atoms with Gasteiger partial charge in [0.25, 0.3) is 10.2 Å². The minimum Gasteiger partial charge on any atom is -0.311 e. The van der Waals surface area contributed by atoms with Crippen LogP contribution in [0.15, 0.2) is 18.2 Å². The summed E-state index contributed by atoms with van der Waals surface area (Å²) >= 11 is 1.33. The van der Waals surface area contributed by atoms with E-state index in [0.29, 0.717) is 24.1 Å². The number of pyridine rings is 1. The van der Waals surface area contributed by atoms with Gasteiger partial charge in [-0.3, -0.25) is 9.59 Å². The van der Waals surface area contributed by atoms with Gasteiger partial charge in [0.05, 0.1) is 38.3 Å². The molecule has 0 aliphatic rings. The van der Waals surface area contributed by atoms with Crippen molar-refractivity contribution in [1.29, 1.82) is 0 Å². The van der Waals surface area contributed by atoms with Gasteiger partial charge < -0.3 is 8.37 Å². The van der Waals surface area contributed by atoms with E-state index < -0.39 is 0 Å². The monoisotopic (exact) mass is 259 g/mol. The average molecular weight is 259 g/mol. The van der Waals surface area contributed by atoms with Crippen LogP contribution in [0.3, 0.4) is 0 Å². The predicted molar refractivity (Wildman–Crippen MR) is 62.1 cm³/mol. The molecule has 0 aliphatic heterocycles. The van der Waals surface area contributed by atoms with Crippen molar-refractivity contribution in [3.8, 4) is 0 Å². The summed E-state index contributed by atoms with van der Waals surface area (Å²) in [6.07, 6.45) is 0.